The molecule has 4 heterocycles. The predicted molar refractivity (Wildman–Crippen MR) is 166 cm³/mol. The van der Waals surface area contributed by atoms with Crippen LogP contribution in [0.1, 0.15) is 19.3 Å². The second-order valence-corrected chi connectivity index (χ2v) is 12.9. The number of aromatic nitrogens is 3. The van der Waals surface area contributed by atoms with Gasteiger partial charge < -0.3 is 19.8 Å². The van der Waals surface area contributed by atoms with Gasteiger partial charge in [0.1, 0.15) is 18.2 Å². The van der Waals surface area contributed by atoms with Crippen LogP contribution in [0, 0.1) is 11.8 Å². The normalized spacial score (nSPS) is 25.6. The van der Waals surface area contributed by atoms with Crippen LogP contribution in [0.4, 0.5) is 5.69 Å². The average Bonchev–Trinajstić information content (AvgIpc) is 3.78. The minimum Gasteiger partial charge on any atom is -0.396 e. The Bertz CT molecular complexity index is 1540. The van der Waals surface area contributed by atoms with Crippen LogP contribution in [0.5, 0.6) is 0 Å². The molecule has 3 aliphatic rings. The van der Waals surface area contributed by atoms with Crippen LogP contribution in [-0.2, 0) is 21.1 Å². The van der Waals surface area contributed by atoms with Gasteiger partial charge in [0.25, 0.3) is 0 Å². The van der Waals surface area contributed by atoms with Gasteiger partial charge >= 0.3 is 0 Å². The number of aliphatic hydroxyl groups is 1. The molecule has 1 spiro atoms. The molecule has 3 fully saturated rings. The number of fused-ring (bicyclic) bond motifs is 2. The first kappa shape index (κ1) is 29.1. The lowest BCUT2D eigenvalue weighted by Gasteiger charge is -2.37. The summed E-state index contributed by atoms with van der Waals surface area (Å²) in [6.07, 6.45) is 5.11. The van der Waals surface area contributed by atoms with Crippen molar-refractivity contribution in [2.75, 3.05) is 31.1 Å². The van der Waals surface area contributed by atoms with Crippen molar-refractivity contribution < 1.29 is 19.5 Å². The predicted octanol–water partition coefficient (Wildman–Crippen LogP) is 3.10. The van der Waals surface area contributed by atoms with Gasteiger partial charge in [-0.2, -0.15) is 0 Å². The molecule has 1 aromatic heterocycles. The van der Waals surface area contributed by atoms with Crippen molar-refractivity contribution in [3.05, 3.63) is 79.9 Å². The molecule has 2 aromatic carbocycles. The summed E-state index contributed by atoms with van der Waals surface area (Å²) in [7, 11) is 0. The number of para-hydroxylation sites is 2. The number of hydrogen-bond acceptors (Lipinski definition) is 7. The molecule has 10 nitrogen and oxygen atoms in total. The summed E-state index contributed by atoms with van der Waals surface area (Å²) in [6.45, 7) is 8.59. The molecular weight excluding hydrogens is 564 g/mol. The Kier molecular flexibility index (Phi) is 8.11. The lowest BCUT2D eigenvalue weighted by atomic mass is 9.70. The van der Waals surface area contributed by atoms with E-state index in [1.807, 2.05) is 54.6 Å². The first-order chi connectivity index (χ1) is 20.9. The number of amides is 3. The number of aliphatic hydroxyl groups excluding tert-OH is 1. The fraction of sp³-hybridized carbons (Fsp3) is 0.406. The van der Waals surface area contributed by atoms with Gasteiger partial charge in [0.05, 0.1) is 22.1 Å². The van der Waals surface area contributed by atoms with Crippen molar-refractivity contribution in [2.24, 2.45) is 11.8 Å². The molecular formula is C32H36N6O4S. The van der Waals surface area contributed by atoms with E-state index in [0.29, 0.717) is 19.4 Å². The monoisotopic (exact) mass is 600 g/mol. The number of hydrogen-bond donors (Lipinski definition) is 1. The molecule has 3 aromatic rings. The molecule has 0 saturated carbocycles. The number of anilines is 1. The highest BCUT2D eigenvalue weighted by Gasteiger charge is 2.74. The minimum atomic E-state index is -0.774. The van der Waals surface area contributed by atoms with Crippen LogP contribution in [0.2, 0.25) is 0 Å². The Morgan fingerprint density at radius 3 is 2.56 bits per heavy atom. The third-order valence-corrected chi connectivity index (χ3v) is 10.9. The lowest BCUT2D eigenvalue weighted by Crippen LogP contribution is -2.55. The smallest absolute Gasteiger partial charge is 0.248 e. The van der Waals surface area contributed by atoms with Crippen molar-refractivity contribution in [3.8, 4) is 0 Å². The SMILES string of the molecule is C=CCN(Cn1nnc2ccccc21)C(=O)C1N(CCCO)C(=O)[C@@H]2[C@@H](C(=O)N(CC=C)c3ccccc3)[C@H]3CCC12S3. The van der Waals surface area contributed by atoms with Crippen LogP contribution >= 0.6 is 11.8 Å². The molecule has 43 heavy (non-hydrogen) atoms. The largest absolute Gasteiger partial charge is 0.396 e. The molecule has 0 aliphatic carbocycles. The van der Waals surface area contributed by atoms with Crippen LogP contribution in [-0.4, -0.2) is 89.9 Å². The molecule has 224 valence electrons. The average molecular weight is 601 g/mol. The third-order valence-electron chi connectivity index (χ3n) is 8.91. The maximum Gasteiger partial charge on any atom is 0.248 e. The molecule has 1 N–H and O–H groups in total. The van der Waals surface area contributed by atoms with E-state index in [1.165, 1.54) is 0 Å². The first-order valence-electron chi connectivity index (χ1n) is 14.7. The van der Waals surface area contributed by atoms with Gasteiger partial charge in [0, 0.05) is 37.2 Å². The highest BCUT2D eigenvalue weighted by atomic mass is 32.2. The first-order valence-corrected chi connectivity index (χ1v) is 15.6. The van der Waals surface area contributed by atoms with E-state index in [2.05, 4.69) is 23.5 Å². The van der Waals surface area contributed by atoms with E-state index in [4.69, 9.17) is 0 Å². The second kappa shape index (κ2) is 12.0. The third kappa shape index (κ3) is 4.84. The van der Waals surface area contributed by atoms with E-state index in [1.54, 1.807) is 43.3 Å². The molecule has 3 saturated heterocycles. The highest BCUT2D eigenvalue weighted by Crippen LogP contribution is 2.66. The Hall–Kier alpha value is -3.96. The van der Waals surface area contributed by atoms with Gasteiger partial charge in [-0.25, -0.2) is 4.68 Å². The van der Waals surface area contributed by atoms with Crippen molar-refractivity contribution in [3.63, 3.8) is 0 Å². The summed E-state index contributed by atoms with van der Waals surface area (Å²) >= 11 is 1.63. The molecule has 2 unspecified atom stereocenters. The summed E-state index contributed by atoms with van der Waals surface area (Å²) in [5, 5.41) is 18.1. The number of carbonyl (C=O) groups is 3. The van der Waals surface area contributed by atoms with Crippen LogP contribution in [0.25, 0.3) is 11.0 Å². The lowest BCUT2D eigenvalue weighted by molar-refractivity contribution is -0.143. The van der Waals surface area contributed by atoms with Gasteiger partial charge in [-0.1, -0.05) is 47.7 Å². The van der Waals surface area contributed by atoms with E-state index in [-0.39, 0.29) is 49.3 Å². The van der Waals surface area contributed by atoms with E-state index in [0.717, 1.165) is 23.1 Å². The molecule has 5 atom stereocenters. The van der Waals surface area contributed by atoms with Crippen LogP contribution in [0.15, 0.2) is 79.9 Å². The van der Waals surface area contributed by atoms with Gasteiger partial charge in [0.15, 0.2) is 0 Å². The number of carbonyl (C=O) groups excluding carboxylic acids is 3. The molecule has 2 bridgehead atoms. The maximum absolute atomic E-state index is 14.6. The van der Waals surface area contributed by atoms with E-state index in [9.17, 15) is 19.5 Å². The van der Waals surface area contributed by atoms with E-state index < -0.39 is 22.6 Å². The zero-order valence-electron chi connectivity index (χ0n) is 24.0. The molecule has 0 radical (unpaired) electrons. The fourth-order valence-corrected chi connectivity index (χ4v) is 9.37. The quantitative estimate of drug-likeness (QED) is 0.318. The molecule has 3 aliphatic heterocycles. The van der Waals surface area contributed by atoms with E-state index >= 15 is 0 Å². The Labute approximate surface area is 255 Å². The molecule has 6 rings (SSSR count). The fourth-order valence-electron chi connectivity index (χ4n) is 7.16. The number of likely N-dealkylation sites (tertiary alicyclic amines) is 1. The maximum atomic E-state index is 14.6. The number of thioether (sulfide) groups is 1. The van der Waals surface area contributed by atoms with Crippen molar-refractivity contribution in [1.82, 2.24) is 24.8 Å². The Balaban J connectivity index is 1.36. The number of rotatable bonds is 12. The number of benzene rings is 2. The molecule has 11 heteroatoms. The van der Waals surface area contributed by atoms with Gasteiger partial charge in [-0.3, -0.25) is 14.4 Å². The van der Waals surface area contributed by atoms with Gasteiger partial charge in [-0.05, 0) is 43.5 Å². The van der Waals surface area contributed by atoms with Crippen molar-refractivity contribution in [1.29, 1.82) is 0 Å². The minimum absolute atomic E-state index is 0.0696. The van der Waals surface area contributed by atoms with Crippen LogP contribution in [0.3, 0.4) is 0 Å². The molecule has 3 amide bonds. The van der Waals surface area contributed by atoms with Crippen molar-refractivity contribution in [2.45, 2.75) is 42.0 Å². The van der Waals surface area contributed by atoms with Gasteiger partial charge in [-0.15, -0.1) is 30.0 Å². The van der Waals surface area contributed by atoms with Crippen molar-refractivity contribution >= 4 is 46.2 Å². The zero-order chi connectivity index (χ0) is 30.1. The van der Waals surface area contributed by atoms with Gasteiger partial charge in [0.2, 0.25) is 17.7 Å². The Morgan fingerprint density at radius 2 is 1.81 bits per heavy atom. The summed E-state index contributed by atoms with van der Waals surface area (Å²) in [6, 6.07) is 16.2. The topological polar surface area (TPSA) is 112 Å². The summed E-state index contributed by atoms with van der Waals surface area (Å²) in [5.41, 5.74) is 2.27. The summed E-state index contributed by atoms with van der Waals surface area (Å²) in [5.74, 6) is -1.70. The second-order valence-electron chi connectivity index (χ2n) is 11.3. The highest BCUT2D eigenvalue weighted by molar-refractivity contribution is 8.02. The zero-order valence-corrected chi connectivity index (χ0v) is 24.8. The number of nitrogens with zero attached hydrogens (tertiary/aromatic N) is 6. The van der Waals surface area contributed by atoms with Crippen LogP contribution < -0.4 is 4.90 Å². The Morgan fingerprint density at radius 1 is 1.07 bits per heavy atom. The summed E-state index contributed by atoms with van der Waals surface area (Å²) < 4.78 is 0.939. The summed E-state index contributed by atoms with van der Waals surface area (Å²) in [4.78, 5) is 48.2. The standard InChI is InChI=1S/C32H36N6O4S/c1-3-17-35(21-38-24-14-9-8-13-23(24)33-34-38)31(42)28-32-16-15-25(43-32)26(27(32)30(41)37(28)19-10-20-39)29(40)36(18-4-2)22-11-6-5-7-12-22/h3-9,11-14,25-28,39H,1-2,10,15-21H2/t25-,26+,27+,28?,32?/m1/s1.